The Kier molecular flexibility index (Phi) is 4.72. The van der Waals surface area contributed by atoms with E-state index >= 15 is 0 Å². The van der Waals surface area contributed by atoms with E-state index < -0.39 is 0 Å². The highest BCUT2D eigenvalue weighted by Gasteiger charge is 2.22. The number of hydrogen-bond acceptors (Lipinski definition) is 3. The first kappa shape index (κ1) is 15.7. The number of rotatable bonds is 3. The zero-order chi connectivity index (χ0) is 16.2. The molecule has 1 fully saturated rings. The molecule has 2 aromatic rings. The molecule has 23 heavy (non-hydrogen) atoms. The van der Waals surface area contributed by atoms with Gasteiger partial charge in [-0.1, -0.05) is 18.2 Å². The van der Waals surface area contributed by atoms with E-state index in [9.17, 15) is 4.79 Å². The molecule has 1 aromatic heterocycles. The maximum absolute atomic E-state index is 12.4. The van der Waals surface area contributed by atoms with E-state index in [4.69, 9.17) is 0 Å². The maximum atomic E-state index is 12.4. The fourth-order valence-corrected chi connectivity index (χ4v) is 3.13. The molecule has 1 aliphatic heterocycles. The zero-order valence-electron chi connectivity index (χ0n) is 13.8. The predicted molar refractivity (Wildman–Crippen MR) is 94.1 cm³/mol. The van der Waals surface area contributed by atoms with E-state index in [0.29, 0.717) is 6.04 Å². The van der Waals surface area contributed by atoms with Crippen LogP contribution in [0.15, 0.2) is 42.6 Å². The molecule has 0 radical (unpaired) electrons. The number of likely N-dealkylation sites (tertiary alicyclic amines) is 1. The Morgan fingerprint density at radius 1 is 1.22 bits per heavy atom. The largest absolute Gasteiger partial charge is 0.339 e. The summed E-state index contributed by atoms with van der Waals surface area (Å²) in [6.07, 6.45) is 7.48. The van der Waals surface area contributed by atoms with Crippen molar-refractivity contribution >= 4 is 22.9 Å². The summed E-state index contributed by atoms with van der Waals surface area (Å²) in [6, 6.07) is 10.5. The van der Waals surface area contributed by atoms with Gasteiger partial charge < -0.3 is 9.80 Å². The second-order valence-electron chi connectivity index (χ2n) is 6.27. The van der Waals surface area contributed by atoms with Crippen LogP contribution < -0.4 is 0 Å². The lowest BCUT2D eigenvalue weighted by Crippen LogP contribution is -2.43. The highest BCUT2D eigenvalue weighted by molar-refractivity contribution is 5.95. The molecular weight excluding hydrogens is 286 g/mol. The summed E-state index contributed by atoms with van der Waals surface area (Å²) >= 11 is 0. The lowest BCUT2D eigenvalue weighted by molar-refractivity contribution is -0.127. The number of fused-ring (bicyclic) bond motifs is 1. The topological polar surface area (TPSA) is 36.4 Å². The summed E-state index contributed by atoms with van der Waals surface area (Å²) in [5.41, 5.74) is 1.99. The fraction of sp³-hybridized carbons (Fsp3) is 0.368. The van der Waals surface area contributed by atoms with Gasteiger partial charge in [0.05, 0.1) is 5.52 Å². The second kappa shape index (κ2) is 6.92. The first-order chi connectivity index (χ1) is 11.1. The highest BCUT2D eigenvalue weighted by Crippen LogP contribution is 2.18. The average Bonchev–Trinajstić information content (AvgIpc) is 2.59. The molecule has 2 heterocycles. The number of carbonyl (C=O) groups excluding carboxylic acids is 1. The number of pyridine rings is 1. The van der Waals surface area contributed by atoms with Gasteiger partial charge in [0.2, 0.25) is 5.91 Å². The van der Waals surface area contributed by atoms with Crippen LogP contribution in [-0.2, 0) is 4.79 Å². The molecule has 1 amide bonds. The van der Waals surface area contributed by atoms with E-state index in [0.717, 1.165) is 42.4 Å². The number of carbonyl (C=O) groups is 1. The lowest BCUT2D eigenvalue weighted by atomic mass is 10.0. The zero-order valence-corrected chi connectivity index (χ0v) is 13.8. The van der Waals surface area contributed by atoms with Crippen molar-refractivity contribution in [3.05, 3.63) is 48.2 Å². The van der Waals surface area contributed by atoms with Crippen molar-refractivity contribution in [2.24, 2.45) is 0 Å². The van der Waals surface area contributed by atoms with E-state index in [1.165, 1.54) is 0 Å². The van der Waals surface area contributed by atoms with Crippen molar-refractivity contribution in [3.63, 3.8) is 0 Å². The highest BCUT2D eigenvalue weighted by atomic mass is 16.2. The van der Waals surface area contributed by atoms with Crippen molar-refractivity contribution < 1.29 is 4.79 Å². The molecule has 0 aliphatic carbocycles. The second-order valence-corrected chi connectivity index (χ2v) is 6.27. The van der Waals surface area contributed by atoms with Gasteiger partial charge in [-0.15, -0.1) is 0 Å². The van der Waals surface area contributed by atoms with Crippen molar-refractivity contribution in [1.82, 2.24) is 14.8 Å². The molecule has 3 rings (SSSR count). The molecule has 0 atom stereocenters. The minimum absolute atomic E-state index is 0.100. The van der Waals surface area contributed by atoms with E-state index in [-0.39, 0.29) is 5.91 Å². The van der Waals surface area contributed by atoms with Gasteiger partial charge in [0, 0.05) is 36.8 Å². The van der Waals surface area contributed by atoms with Crippen molar-refractivity contribution in [1.29, 1.82) is 0 Å². The Morgan fingerprint density at radius 3 is 2.70 bits per heavy atom. The first-order valence-corrected chi connectivity index (χ1v) is 8.12. The Balaban J connectivity index is 1.69. The SMILES string of the molecule is CN(C)C1CCN(C(=O)/C=C\c2ccnc3ccccc23)CC1. The minimum Gasteiger partial charge on any atom is -0.339 e. The molecule has 4 nitrogen and oxygen atoms in total. The van der Waals surface area contributed by atoms with Crippen LogP contribution in [0.5, 0.6) is 0 Å². The standard InChI is InChI=1S/C19H23N3O/c1-21(2)16-10-13-22(14-11-16)19(23)8-7-15-9-12-20-18-6-4-3-5-17(15)18/h3-9,12,16H,10-11,13-14H2,1-2H3/b8-7-. The van der Waals surface area contributed by atoms with Gasteiger partial charge >= 0.3 is 0 Å². The third-order valence-electron chi connectivity index (χ3n) is 4.59. The Hall–Kier alpha value is -2.20. The van der Waals surface area contributed by atoms with E-state index in [2.05, 4.69) is 24.0 Å². The number of para-hydroxylation sites is 1. The summed E-state index contributed by atoms with van der Waals surface area (Å²) in [4.78, 5) is 20.9. The molecule has 1 saturated heterocycles. The van der Waals surface area contributed by atoms with Gasteiger partial charge in [-0.3, -0.25) is 9.78 Å². The third kappa shape index (κ3) is 3.59. The molecule has 120 valence electrons. The average molecular weight is 309 g/mol. The van der Waals surface area contributed by atoms with Gasteiger partial charge in [0.15, 0.2) is 0 Å². The van der Waals surface area contributed by atoms with Crippen LogP contribution in [0.3, 0.4) is 0 Å². The summed E-state index contributed by atoms with van der Waals surface area (Å²) in [5.74, 6) is 0.100. The molecule has 0 unspecified atom stereocenters. The first-order valence-electron chi connectivity index (χ1n) is 8.12. The fourth-order valence-electron chi connectivity index (χ4n) is 3.13. The van der Waals surface area contributed by atoms with Crippen molar-refractivity contribution in [3.8, 4) is 0 Å². The van der Waals surface area contributed by atoms with Crippen LogP contribution >= 0.6 is 0 Å². The van der Waals surface area contributed by atoms with Crippen LogP contribution in [0.25, 0.3) is 17.0 Å². The normalized spacial score (nSPS) is 16.6. The molecule has 0 saturated carbocycles. The summed E-state index contributed by atoms with van der Waals surface area (Å²) in [7, 11) is 4.22. The third-order valence-corrected chi connectivity index (χ3v) is 4.59. The molecule has 1 aliphatic rings. The maximum Gasteiger partial charge on any atom is 0.246 e. The van der Waals surface area contributed by atoms with E-state index in [1.807, 2.05) is 41.3 Å². The smallest absolute Gasteiger partial charge is 0.246 e. The van der Waals surface area contributed by atoms with Crippen molar-refractivity contribution in [2.45, 2.75) is 18.9 Å². The number of nitrogens with zero attached hydrogens (tertiary/aromatic N) is 3. The van der Waals surface area contributed by atoms with Crippen LogP contribution in [0.2, 0.25) is 0 Å². The minimum atomic E-state index is 0.100. The quantitative estimate of drug-likeness (QED) is 0.818. The number of hydrogen-bond donors (Lipinski definition) is 0. The summed E-state index contributed by atoms with van der Waals surface area (Å²) in [5, 5.41) is 1.07. The lowest BCUT2D eigenvalue weighted by Gasteiger charge is -2.34. The van der Waals surface area contributed by atoms with Gasteiger partial charge in [-0.25, -0.2) is 0 Å². The molecule has 0 N–H and O–H groups in total. The Labute approximate surface area is 137 Å². The van der Waals surface area contributed by atoms with Crippen LogP contribution in [0.4, 0.5) is 0 Å². The Bertz CT molecular complexity index is 710. The number of benzene rings is 1. The molecule has 1 aromatic carbocycles. The van der Waals surface area contributed by atoms with E-state index in [1.54, 1.807) is 12.3 Å². The summed E-state index contributed by atoms with van der Waals surface area (Å²) < 4.78 is 0. The van der Waals surface area contributed by atoms with Gasteiger partial charge in [-0.2, -0.15) is 0 Å². The van der Waals surface area contributed by atoms with Gasteiger partial charge in [-0.05, 0) is 50.7 Å². The van der Waals surface area contributed by atoms with Crippen molar-refractivity contribution in [2.75, 3.05) is 27.2 Å². The van der Waals surface area contributed by atoms with Crippen LogP contribution in [-0.4, -0.2) is 53.9 Å². The Morgan fingerprint density at radius 2 is 1.96 bits per heavy atom. The predicted octanol–water partition coefficient (Wildman–Crippen LogP) is 2.80. The molecular formula is C19H23N3O. The summed E-state index contributed by atoms with van der Waals surface area (Å²) in [6.45, 7) is 1.67. The van der Waals surface area contributed by atoms with Gasteiger partial charge in [0.1, 0.15) is 0 Å². The number of aromatic nitrogens is 1. The molecule has 4 heteroatoms. The monoisotopic (exact) mass is 309 g/mol. The molecule has 0 spiro atoms. The van der Waals surface area contributed by atoms with Crippen LogP contribution in [0.1, 0.15) is 18.4 Å². The van der Waals surface area contributed by atoms with Gasteiger partial charge in [0.25, 0.3) is 0 Å². The number of piperidine rings is 1. The van der Waals surface area contributed by atoms with Crippen LogP contribution in [0, 0.1) is 0 Å². The molecule has 0 bridgehead atoms. The number of amides is 1.